The van der Waals surface area contributed by atoms with Crippen LogP contribution in [0.5, 0.6) is 11.5 Å². The lowest BCUT2D eigenvalue weighted by Gasteiger charge is -2.10. The zero-order valence-electron chi connectivity index (χ0n) is 14.2. The Balaban J connectivity index is 0.00000100. The molecule has 128 valence electrons. The number of pyridine rings is 1. The summed E-state index contributed by atoms with van der Waals surface area (Å²) in [6.07, 6.45) is 3.48. The normalized spacial score (nSPS) is 10.4. The molecule has 3 aromatic rings. The summed E-state index contributed by atoms with van der Waals surface area (Å²) in [5.74, 6) is -1.78. The first-order valence-corrected chi connectivity index (χ1v) is 7.88. The molecule has 0 saturated heterocycles. The van der Waals surface area contributed by atoms with E-state index in [1.54, 1.807) is 12.3 Å². The summed E-state index contributed by atoms with van der Waals surface area (Å²) in [7, 11) is 0. The largest absolute Gasteiger partial charge is 0.450 e. The van der Waals surface area contributed by atoms with Gasteiger partial charge in [0.05, 0.1) is 5.39 Å². The molecule has 2 heterocycles. The van der Waals surface area contributed by atoms with E-state index in [1.807, 2.05) is 38.5 Å². The highest BCUT2D eigenvalue weighted by molar-refractivity contribution is 5.87. The van der Waals surface area contributed by atoms with Crippen LogP contribution in [0.3, 0.4) is 0 Å². The first kappa shape index (κ1) is 17.7. The fourth-order valence-corrected chi connectivity index (χ4v) is 2.49. The van der Waals surface area contributed by atoms with E-state index in [1.165, 1.54) is 0 Å². The average molecular weight is 333 g/mol. The monoisotopic (exact) mass is 333 g/mol. The lowest BCUT2D eigenvalue weighted by molar-refractivity contribution is 0.411. The van der Waals surface area contributed by atoms with E-state index in [0.29, 0.717) is 11.4 Å². The molecule has 0 aliphatic carbocycles. The predicted molar refractivity (Wildman–Crippen MR) is 92.3 cm³/mol. The number of nitrogens with two attached hydrogens (primary N) is 1. The highest BCUT2D eigenvalue weighted by atomic mass is 19.1. The van der Waals surface area contributed by atoms with Gasteiger partial charge in [-0.2, -0.15) is 0 Å². The van der Waals surface area contributed by atoms with Crippen molar-refractivity contribution in [3.63, 3.8) is 0 Å². The maximum absolute atomic E-state index is 13.9. The van der Waals surface area contributed by atoms with Crippen LogP contribution in [0.2, 0.25) is 0 Å². The third-order valence-corrected chi connectivity index (χ3v) is 3.48. The van der Waals surface area contributed by atoms with Crippen molar-refractivity contribution in [2.45, 2.75) is 34.2 Å². The number of nitrogen functional groups attached to an aromatic ring is 1. The van der Waals surface area contributed by atoms with Crippen molar-refractivity contribution in [1.82, 2.24) is 9.55 Å². The van der Waals surface area contributed by atoms with Crippen molar-refractivity contribution >= 4 is 16.7 Å². The van der Waals surface area contributed by atoms with Crippen molar-refractivity contribution < 1.29 is 13.5 Å². The van der Waals surface area contributed by atoms with E-state index in [9.17, 15) is 8.78 Å². The topological polar surface area (TPSA) is 53.1 Å². The Bertz CT molecular complexity index is 836. The number of anilines is 1. The Morgan fingerprint density at radius 3 is 2.42 bits per heavy atom. The van der Waals surface area contributed by atoms with Gasteiger partial charge in [-0.3, -0.25) is 0 Å². The molecule has 0 fully saturated rings. The molecule has 24 heavy (non-hydrogen) atoms. The van der Waals surface area contributed by atoms with Crippen LogP contribution in [-0.2, 0) is 6.54 Å². The van der Waals surface area contributed by atoms with Crippen LogP contribution >= 0.6 is 0 Å². The SMILES string of the molecule is CC.CCn1cc(C)c2c(Oc3c(F)cc(N)cc3F)ccnc21. The molecule has 0 aliphatic heterocycles. The van der Waals surface area contributed by atoms with E-state index in [-0.39, 0.29) is 5.69 Å². The average Bonchev–Trinajstić information content (AvgIpc) is 2.90. The zero-order chi connectivity index (χ0) is 17.9. The second-order valence-corrected chi connectivity index (χ2v) is 5.02. The Morgan fingerprint density at radius 2 is 1.83 bits per heavy atom. The Hall–Kier alpha value is -2.63. The molecular formula is C18H21F2N3O. The third-order valence-electron chi connectivity index (χ3n) is 3.48. The van der Waals surface area contributed by atoms with Gasteiger partial charge in [0.1, 0.15) is 11.4 Å². The van der Waals surface area contributed by atoms with Crippen molar-refractivity contribution in [2.75, 3.05) is 5.73 Å². The van der Waals surface area contributed by atoms with Gasteiger partial charge < -0.3 is 15.0 Å². The lowest BCUT2D eigenvalue weighted by Crippen LogP contribution is -1.97. The van der Waals surface area contributed by atoms with Crippen molar-refractivity contribution in [2.24, 2.45) is 0 Å². The molecule has 0 aliphatic rings. The first-order chi connectivity index (χ1) is 11.5. The molecule has 3 rings (SSSR count). The van der Waals surface area contributed by atoms with Gasteiger partial charge in [0.25, 0.3) is 0 Å². The number of aryl methyl sites for hydroxylation is 2. The second kappa shape index (κ2) is 7.29. The molecule has 0 bridgehead atoms. The summed E-state index contributed by atoms with van der Waals surface area (Å²) in [4.78, 5) is 4.31. The molecule has 2 N–H and O–H groups in total. The fourth-order valence-electron chi connectivity index (χ4n) is 2.49. The minimum atomic E-state index is -0.838. The molecule has 0 saturated carbocycles. The quantitative estimate of drug-likeness (QED) is 0.683. The predicted octanol–water partition coefficient (Wildman–Crippen LogP) is 5.04. The number of benzene rings is 1. The number of aromatic nitrogens is 2. The van der Waals surface area contributed by atoms with Gasteiger partial charge >= 0.3 is 0 Å². The Labute approximate surface area is 139 Å². The van der Waals surface area contributed by atoms with Gasteiger partial charge in [0, 0.05) is 36.8 Å². The number of hydrogen-bond donors (Lipinski definition) is 1. The number of fused-ring (bicyclic) bond motifs is 1. The van der Waals surface area contributed by atoms with E-state index < -0.39 is 17.4 Å². The van der Waals surface area contributed by atoms with E-state index in [0.717, 1.165) is 29.6 Å². The summed E-state index contributed by atoms with van der Waals surface area (Å²) in [6, 6.07) is 3.65. The molecule has 6 heteroatoms. The Morgan fingerprint density at radius 1 is 1.21 bits per heavy atom. The van der Waals surface area contributed by atoms with Crippen LogP contribution in [0.4, 0.5) is 14.5 Å². The minimum absolute atomic E-state index is 0.00976. The van der Waals surface area contributed by atoms with Gasteiger partial charge in [-0.15, -0.1) is 0 Å². The van der Waals surface area contributed by atoms with Crippen molar-refractivity contribution in [3.05, 3.63) is 47.8 Å². The Kier molecular flexibility index (Phi) is 5.39. The van der Waals surface area contributed by atoms with Crippen LogP contribution < -0.4 is 10.5 Å². The van der Waals surface area contributed by atoms with Crippen LogP contribution in [-0.4, -0.2) is 9.55 Å². The summed E-state index contributed by atoms with van der Waals surface area (Å²) in [5.41, 5.74) is 7.06. The van der Waals surface area contributed by atoms with Crippen LogP contribution in [0.15, 0.2) is 30.6 Å². The van der Waals surface area contributed by atoms with Crippen LogP contribution in [0.1, 0.15) is 26.3 Å². The van der Waals surface area contributed by atoms with Crippen LogP contribution in [0.25, 0.3) is 11.0 Å². The fraction of sp³-hybridized carbons (Fsp3) is 0.278. The summed E-state index contributed by atoms with van der Waals surface area (Å²) >= 11 is 0. The number of nitrogens with zero attached hydrogens (tertiary/aromatic N) is 2. The number of rotatable bonds is 3. The van der Waals surface area contributed by atoms with Gasteiger partial charge in [-0.05, 0) is 25.5 Å². The van der Waals surface area contributed by atoms with Crippen molar-refractivity contribution in [1.29, 1.82) is 0 Å². The van der Waals surface area contributed by atoms with E-state index in [4.69, 9.17) is 10.5 Å². The van der Waals surface area contributed by atoms with Gasteiger partial charge in [0.15, 0.2) is 17.4 Å². The molecule has 4 nitrogen and oxygen atoms in total. The molecule has 1 aromatic carbocycles. The standard InChI is InChI=1S/C16H15F2N3O.C2H6/c1-3-21-8-9(2)14-13(4-5-20-16(14)21)22-15-11(17)6-10(19)7-12(15)18;1-2/h4-8H,3,19H2,1-2H3;1-2H3. The molecule has 0 radical (unpaired) electrons. The highest BCUT2D eigenvalue weighted by Crippen LogP contribution is 2.35. The molecule has 2 aromatic heterocycles. The molecule has 0 unspecified atom stereocenters. The highest BCUT2D eigenvalue weighted by Gasteiger charge is 2.17. The summed E-state index contributed by atoms with van der Waals surface area (Å²) in [6.45, 7) is 8.64. The smallest absolute Gasteiger partial charge is 0.198 e. The van der Waals surface area contributed by atoms with Gasteiger partial charge in [-0.25, -0.2) is 13.8 Å². The molecule has 0 atom stereocenters. The zero-order valence-corrected chi connectivity index (χ0v) is 14.2. The first-order valence-electron chi connectivity index (χ1n) is 7.88. The number of halogens is 2. The number of hydrogen-bond acceptors (Lipinski definition) is 3. The molecular weight excluding hydrogens is 312 g/mol. The van der Waals surface area contributed by atoms with Gasteiger partial charge in [-0.1, -0.05) is 13.8 Å². The maximum atomic E-state index is 13.9. The second-order valence-electron chi connectivity index (χ2n) is 5.02. The molecule has 0 spiro atoms. The minimum Gasteiger partial charge on any atom is -0.450 e. The van der Waals surface area contributed by atoms with E-state index in [2.05, 4.69) is 4.98 Å². The van der Waals surface area contributed by atoms with Gasteiger partial charge in [0.2, 0.25) is 0 Å². The maximum Gasteiger partial charge on any atom is 0.198 e. The van der Waals surface area contributed by atoms with E-state index >= 15 is 0 Å². The summed E-state index contributed by atoms with van der Waals surface area (Å²) < 4.78 is 35.2. The number of ether oxygens (including phenoxy) is 1. The lowest BCUT2D eigenvalue weighted by atomic mass is 10.2. The van der Waals surface area contributed by atoms with Crippen LogP contribution in [0, 0.1) is 18.6 Å². The third kappa shape index (κ3) is 3.18. The summed E-state index contributed by atoms with van der Waals surface area (Å²) in [5, 5.41) is 0.736. The van der Waals surface area contributed by atoms with Crippen molar-refractivity contribution in [3.8, 4) is 11.5 Å². The molecule has 0 amide bonds.